The minimum Gasteiger partial charge on any atom is -0.355 e. The third-order valence-electron chi connectivity index (χ3n) is 3.49. The van der Waals surface area contributed by atoms with Crippen molar-refractivity contribution >= 4 is 11.8 Å². The fraction of sp³-hybridized carbons (Fsp3) is 0.222. The van der Waals surface area contributed by atoms with E-state index in [4.69, 9.17) is 0 Å². The first-order chi connectivity index (χ1) is 11.1. The monoisotopic (exact) mass is 314 g/mol. The molecule has 2 N–H and O–H groups in total. The van der Waals surface area contributed by atoms with Crippen LogP contribution in [0.4, 0.5) is 4.39 Å². The normalized spacial score (nSPS) is 10.2. The van der Waals surface area contributed by atoms with Crippen LogP contribution in [0.25, 0.3) is 0 Å². The van der Waals surface area contributed by atoms with Crippen molar-refractivity contribution in [3.8, 4) is 0 Å². The van der Waals surface area contributed by atoms with Gasteiger partial charge in [0.1, 0.15) is 5.82 Å². The summed E-state index contributed by atoms with van der Waals surface area (Å²) in [5.41, 5.74) is 2.43. The molecule has 0 fully saturated rings. The summed E-state index contributed by atoms with van der Waals surface area (Å²) in [6.07, 6.45) is 0.920. The Balaban J connectivity index is 1.77. The zero-order valence-corrected chi connectivity index (χ0v) is 12.9. The smallest absolute Gasteiger partial charge is 0.251 e. The van der Waals surface area contributed by atoms with E-state index in [-0.39, 0.29) is 17.6 Å². The first-order valence-electron chi connectivity index (χ1n) is 7.40. The minimum atomic E-state index is -0.279. The first-order valence-corrected chi connectivity index (χ1v) is 7.40. The van der Waals surface area contributed by atoms with Crippen molar-refractivity contribution in [2.45, 2.75) is 19.4 Å². The lowest BCUT2D eigenvalue weighted by Gasteiger charge is -2.07. The molecule has 5 heteroatoms. The summed E-state index contributed by atoms with van der Waals surface area (Å²) >= 11 is 0. The molecule has 2 rings (SSSR count). The van der Waals surface area contributed by atoms with Crippen molar-refractivity contribution in [3.05, 3.63) is 71.0 Å². The number of rotatable bonds is 6. The second-order valence-corrected chi connectivity index (χ2v) is 5.18. The van der Waals surface area contributed by atoms with Crippen LogP contribution in [0.15, 0.2) is 48.5 Å². The fourth-order valence-electron chi connectivity index (χ4n) is 2.12. The molecule has 2 aromatic rings. The van der Waals surface area contributed by atoms with E-state index in [9.17, 15) is 14.0 Å². The lowest BCUT2D eigenvalue weighted by atomic mass is 10.1. The van der Waals surface area contributed by atoms with E-state index >= 15 is 0 Å². The van der Waals surface area contributed by atoms with Crippen LogP contribution in [0.5, 0.6) is 0 Å². The topological polar surface area (TPSA) is 58.2 Å². The van der Waals surface area contributed by atoms with Gasteiger partial charge in [0.2, 0.25) is 5.91 Å². The maximum Gasteiger partial charge on any atom is 0.251 e. The predicted molar refractivity (Wildman–Crippen MR) is 86.4 cm³/mol. The van der Waals surface area contributed by atoms with Crippen molar-refractivity contribution < 1.29 is 14.0 Å². The highest BCUT2D eigenvalue weighted by Gasteiger charge is 2.05. The van der Waals surface area contributed by atoms with Crippen LogP contribution in [0.2, 0.25) is 0 Å². The summed E-state index contributed by atoms with van der Waals surface area (Å²) < 4.78 is 12.8. The summed E-state index contributed by atoms with van der Waals surface area (Å²) in [4.78, 5) is 23.3. The van der Waals surface area contributed by atoms with Crippen LogP contribution in [0.1, 0.15) is 27.9 Å². The Hall–Kier alpha value is -2.69. The Labute approximate surface area is 134 Å². The van der Waals surface area contributed by atoms with Crippen molar-refractivity contribution in [2.24, 2.45) is 0 Å². The molecular formula is C18H19FN2O2. The Bertz CT molecular complexity index is 666. The third-order valence-corrected chi connectivity index (χ3v) is 3.49. The van der Waals surface area contributed by atoms with Crippen LogP contribution in [-0.4, -0.2) is 18.9 Å². The Morgan fingerprint density at radius 2 is 1.57 bits per heavy atom. The molecule has 120 valence electrons. The zero-order chi connectivity index (χ0) is 16.7. The van der Waals surface area contributed by atoms with Gasteiger partial charge in [0, 0.05) is 25.6 Å². The molecule has 0 aromatic heterocycles. The molecule has 0 heterocycles. The van der Waals surface area contributed by atoms with Gasteiger partial charge in [-0.3, -0.25) is 9.59 Å². The number of hydrogen-bond acceptors (Lipinski definition) is 2. The number of hydrogen-bond donors (Lipinski definition) is 2. The van der Waals surface area contributed by atoms with Crippen LogP contribution >= 0.6 is 0 Å². The summed E-state index contributed by atoms with van der Waals surface area (Å²) in [6.45, 7) is 0.413. The number of aryl methyl sites for hydroxylation is 1. The van der Waals surface area contributed by atoms with Crippen LogP contribution < -0.4 is 10.6 Å². The SMILES string of the molecule is CNC(=O)c1ccc(CNC(=O)CCc2ccc(F)cc2)cc1. The molecule has 0 aliphatic carbocycles. The Kier molecular flexibility index (Phi) is 5.86. The molecule has 0 saturated heterocycles. The highest BCUT2D eigenvalue weighted by Crippen LogP contribution is 2.07. The van der Waals surface area contributed by atoms with Gasteiger partial charge in [-0.15, -0.1) is 0 Å². The second-order valence-electron chi connectivity index (χ2n) is 5.18. The van der Waals surface area contributed by atoms with Gasteiger partial charge in [-0.25, -0.2) is 4.39 Å². The van der Waals surface area contributed by atoms with E-state index in [1.807, 2.05) is 12.1 Å². The molecule has 0 spiro atoms. The highest BCUT2D eigenvalue weighted by molar-refractivity contribution is 5.93. The van der Waals surface area contributed by atoms with Gasteiger partial charge in [-0.2, -0.15) is 0 Å². The summed E-state index contributed by atoms with van der Waals surface area (Å²) in [6, 6.07) is 13.2. The van der Waals surface area contributed by atoms with Crippen LogP contribution in [0, 0.1) is 5.82 Å². The number of carbonyl (C=O) groups excluding carboxylic acids is 2. The molecule has 0 aliphatic rings. The number of carbonyl (C=O) groups is 2. The molecule has 23 heavy (non-hydrogen) atoms. The first kappa shape index (κ1) is 16.7. The summed E-state index contributed by atoms with van der Waals surface area (Å²) in [7, 11) is 1.58. The molecule has 0 unspecified atom stereocenters. The minimum absolute atomic E-state index is 0.0651. The maximum atomic E-state index is 12.8. The van der Waals surface area contributed by atoms with E-state index in [2.05, 4.69) is 10.6 Å². The van der Waals surface area contributed by atoms with Crippen molar-refractivity contribution in [2.75, 3.05) is 7.05 Å². The van der Waals surface area contributed by atoms with E-state index in [0.29, 0.717) is 24.9 Å². The second kappa shape index (κ2) is 8.08. The number of halogens is 1. The molecule has 0 aliphatic heterocycles. The van der Waals surface area contributed by atoms with Gasteiger partial charge >= 0.3 is 0 Å². The van der Waals surface area contributed by atoms with Crippen LogP contribution in [-0.2, 0) is 17.8 Å². The van der Waals surface area contributed by atoms with Crippen molar-refractivity contribution in [1.29, 1.82) is 0 Å². The van der Waals surface area contributed by atoms with E-state index in [1.165, 1.54) is 12.1 Å². The number of amides is 2. The largest absolute Gasteiger partial charge is 0.355 e. The molecule has 2 aromatic carbocycles. The molecule has 4 nitrogen and oxygen atoms in total. The van der Waals surface area contributed by atoms with Gasteiger partial charge in [0.15, 0.2) is 0 Å². The molecule has 2 amide bonds. The van der Waals surface area contributed by atoms with Crippen molar-refractivity contribution in [1.82, 2.24) is 10.6 Å². The summed E-state index contributed by atoms with van der Waals surface area (Å²) in [5.74, 6) is -0.483. The number of benzene rings is 2. The Morgan fingerprint density at radius 3 is 2.17 bits per heavy atom. The third kappa shape index (κ3) is 5.21. The van der Waals surface area contributed by atoms with Gasteiger partial charge in [0.05, 0.1) is 0 Å². The zero-order valence-electron chi connectivity index (χ0n) is 12.9. The van der Waals surface area contributed by atoms with Gasteiger partial charge in [0.25, 0.3) is 5.91 Å². The van der Waals surface area contributed by atoms with Crippen molar-refractivity contribution in [3.63, 3.8) is 0 Å². The molecule has 0 atom stereocenters. The molecular weight excluding hydrogens is 295 g/mol. The number of nitrogens with one attached hydrogen (secondary N) is 2. The van der Waals surface area contributed by atoms with E-state index in [0.717, 1.165) is 11.1 Å². The lowest BCUT2D eigenvalue weighted by Crippen LogP contribution is -2.23. The fourth-order valence-corrected chi connectivity index (χ4v) is 2.12. The average molecular weight is 314 g/mol. The highest BCUT2D eigenvalue weighted by atomic mass is 19.1. The van der Waals surface area contributed by atoms with Crippen LogP contribution in [0.3, 0.4) is 0 Å². The van der Waals surface area contributed by atoms with Gasteiger partial charge in [-0.05, 0) is 41.8 Å². The van der Waals surface area contributed by atoms with Gasteiger partial charge < -0.3 is 10.6 Å². The van der Waals surface area contributed by atoms with Gasteiger partial charge in [-0.1, -0.05) is 24.3 Å². The molecule has 0 radical (unpaired) electrons. The summed E-state index contributed by atoms with van der Waals surface area (Å²) in [5, 5.41) is 5.38. The molecule has 0 saturated carbocycles. The van der Waals surface area contributed by atoms with E-state index < -0.39 is 0 Å². The Morgan fingerprint density at radius 1 is 0.957 bits per heavy atom. The lowest BCUT2D eigenvalue weighted by molar-refractivity contribution is -0.121. The quantitative estimate of drug-likeness (QED) is 0.860. The average Bonchev–Trinajstić information content (AvgIpc) is 2.59. The maximum absolute atomic E-state index is 12.8. The predicted octanol–water partition coefficient (Wildman–Crippen LogP) is 2.43. The van der Waals surface area contributed by atoms with E-state index in [1.54, 1.807) is 31.3 Å². The molecule has 0 bridgehead atoms. The standard InChI is InChI=1S/C18H19FN2O2/c1-20-18(23)15-7-2-14(3-8-15)12-21-17(22)11-6-13-4-9-16(19)10-5-13/h2-5,7-10H,6,11-12H2,1H3,(H,20,23)(H,21,22).